The first-order valence-corrected chi connectivity index (χ1v) is 6.78. The van der Waals surface area contributed by atoms with Gasteiger partial charge in [0, 0.05) is 19.5 Å². The van der Waals surface area contributed by atoms with Crippen LogP contribution in [0.5, 0.6) is 0 Å². The zero-order valence-electron chi connectivity index (χ0n) is 11.5. The Bertz CT molecular complexity index is 419. The van der Waals surface area contributed by atoms with Crippen molar-refractivity contribution in [2.24, 2.45) is 0 Å². The maximum Gasteiger partial charge on any atom is 0.304 e. The number of carboxylic acid groups (broad SMARTS) is 2. The molecule has 0 aliphatic carbocycles. The molecule has 1 rings (SSSR count). The molecule has 1 aromatic rings. The summed E-state index contributed by atoms with van der Waals surface area (Å²) in [7, 11) is 0. The summed E-state index contributed by atoms with van der Waals surface area (Å²) in [6.45, 7) is 1.82. The summed E-state index contributed by atoms with van der Waals surface area (Å²) in [5.41, 5.74) is 1.20. The maximum absolute atomic E-state index is 10.6. The van der Waals surface area contributed by atoms with E-state index in [0.29, 0.717) is 19.5 Å². The van der Waals surface area contributed by atoms with Gasteiger partial charge in [0.15, 0.2) is 0 Å². The Morgan fingerprint density at radius 1 is 0.900 bits per heavy atom. The Balaban J connectivity index is 2.40. The molecule has 0 fully saturated rings. The Morgan fingerprint density at radius 2 is 1.55 bits per heavy atom. The molecular formula is C15H21NO4. The fraction of sp³-hybridized carbons (Fsp3) is 0.467. The van der Waals surface area contributed by atoms with Gasteiger partial charge in [-0.2, -0.15) is 0 Å². The number of nitrogens with zero attached hydrogens (tertiary/aromatic N) is 1. The van der Waals surface area contributed by atoms with Crippen molar-refractivity contribution in [2.45, 2.75) is 25.7 Å². The average molecular weight is 279 g/mol. The van der Waals surface area contributed by atoms with Crippen LogP contribution in [-0.4, -0.2) is 46.7 Å². The molecule has 5 heteroatoms. The van der Waals surface area contributed by atoms with E-state index >= 15 is 0 Å². The zero-order valence-corrected chi connectivity index (χ0v) is 11.5. The van der Waals surface area contributed by atoms with E-state index < -0.39 is 11.9 Å². The van der Waals surface area contributed by atoms with Crippen molar-refractivity contribution in [2.75, 3.05) is 19.6 Å². The number of benzene rings is 1. The SMILES string of the molecule is O=C(O)CCCN(CCC(=O)O)CCc1ccccc1. The van der Waals surface area contributed by atoms with Gasteiger partial charge in [-0.05, 0) is 24.9 Å². The van der Waals surface area contributed by atoms with Gasteiger partial charge in [-0.25, -0.2) is 0 Å². The maximum atomic E-state index is 10.6. The van der Waals surface area contributed by atoms with Gasteiger partial charge in [-0.15, -0.1) is 0 Å². The number of aliphatic carboxylic acids is 2. The van der Waals surface area contributed by atoms with Gasteiger partial charge in [-0.3, -0.25) is 9.59 Å². The summed E-state index contributed by atoms with van der Waals surface area (Å²) in [4.78, 5) is 23.2. The molecule has 0 radical (unpaired) electrons. The lowest BCUT2D eigenvalue weighted by molar-refractivity contribution is -0.138. The van der Waals surface area contributed by atoms with Crippen LogP contribution in [-0.2, 0) is 16.0 Å². The quantitative estimate of drug-likeness (QED) is 0.683. The first-order chi connectivity index (χ1) is 9.58. The summed E-state index contributed by atoms with van der Waals surface area (Å²) in [5, 5.41) is 17.4. The second kappa shape index (κ2) is 9.09. The standard InChI is InChI=1S/C15H21NO4/c17-14(18)7-4-10-16(12-9-15(19)20)11-8-13-5-2-1-3-6-13/h1-3,5-6H,4,7-12H2,(H,17,18)(H,19,20). The molecule has 0 aromatic heterocycles. The van der Waals surface area contributed by atoms with Gasteiger partial charge in [-0.1, -0.05) is 30.3 Å². The van der Waals surface area contributed by atoms with Crippen LogP contribution < -0.4 is 0 Å². The summed E-state index contributed by atoms with van der Waals surface area (Å²) < 4.78 is 0. The Morgan fingerprint density at radius 3 is 2.15 bits per heavy atom. The lowest BCUT2D eigenvalue weighted by atomic mass is 10.1. The summed E-state index contributed by atoms with van der Waals surface area (Å²) in [5.74, 6) is -1.64. The number of hydrogen-bond donors (Lipinski definition) is 2. The molecule has 20 heavy (non-hydrogen) atoms. The third-order valence-corrected chi connectivity index (χ3v) is 3.07. The molecule has 0 saturated heterocycles. The first kappa shape index (κ1) is 16.2. The minimum atomic E-state index is -0.826. The smallest absolute Gasteiger partial charge is 0.304 e. The van der Waals surface area contributed by atoms with Crippen molar-refractivity contribution >= 4 is 11.9 Å². The molecule has 0 unspecified atom stereocenters. The summed E-state index contributed by atoms with van der Waals surface area (Å²) in [6.07, 6.45) is 1.59. The van der Waals surface area contributed by atoms with Crippen molar-refractivity contribution in [1.82, 2.24) is 4.90 Å². The molecule has 2 N–H and O–H groups in total. The molecule has 0 aliphatic heterocycles. The highest BCUT2D eigenvalue weighted by Gasteiger charge is 2.08. The van der Waals surface area contributed by atoms with Gasteiger partial charge in [0.1, 0.15) is 0 Å². The van der Waals surface area contributed by atoms with Gasteiger partial charge in [0.2, 0.25) is 0 Å². The highest BCUT2D eigenvalue weighted by atomic mass is 16.4. The monoisotopic (exact) mass is 279 g/mol. The number of carbonyl (C=O) groups is 2. The van der Waals surface area contributed by atoms with Crippen molar-refractivity contribution in [3.8, 4) is 0 Å². The Hall–Kier alpha value is -1.88. The van der Waals surface area contributed by atoms with E-state index in [9.17, 15) is 9.59 Å². The average Bonchev–Trinajstić information content (AvgIpc) is 2.42. The zero-order chi connectivity index (χ0) is 14.8. The fourth-order valence-electron chi connectivity index (χ4n) is 1.97. The second-order valence-electron chi connectivity index (χ2n) is 4.72. The molecule has 0 bridgehead atoms. The van der Waals surface area contributed by atoms with E-state index in [-0.39, 0.29) is 12.8 Å². The third-order valence-electron chi connectivity index (χ3n) is 3.07. The molecule has 5 nitrogen and oxygen atoms in total. The van der Waals surface area contributed by atoms with Crippen LogP contribution in [0.3, 0.4) is 0 Å². The summed E-state index contributed by atoms with van der Waals surface area (Å²) >= 11 is 0. The molecular weight excluding hydrogens is 258 g/mol. The summed E-state index contributed by atoms with van der Waals surface area (Å²) in [6, 6.07) is 9.97. The normalized spacial score (nSPS) is 10.7. The van der Waals surface area contributed by atoms with Gasteiger partial charge < -0.3 is 15.1 Å². The van der Waals surface area contributed by atoms with E-state index in [0.717, 1.165) is 13.0 Å². The molecule has 0 spiro atoms. The molecule has 0 atom stereocenters. The Labute approximate surface area is 118 Å². The van der Waals surface area contributed by atoms with Crippen LogP contribution in [0.25, 0.3) is 0 Å². The third kappa shape index (κ3) is 7.53. The van der Waals surface area contributed by atoms with Crippen LogP contribution in [0.4, 0.5) is 0 Å². The first-order valence-electron chi connectivity index (χ1n) is 6.78. The van der Waals surface area contributed by atoms with E-state index in [1.807, 2.05) is 35.2 Å². The largest absolute Gasteiger partial charge is 0.481 e. The predicted molar refractivity (Wildman–Crippen MR) is 75.7 cm³/mol. The van der Waals surface area contributed by atoms with Crippen molar-refractivity contribution in [3.05, 3.63) is 35.9 Å². The van der Waals surface area contributed by atoms with Gasteiger partial charge in [0.05, 0.1) is 6.42 Å². The second-order valence-corrected chi connectivity index (χ2v) is 4.72. The van der Waals surface area contributed by atoms with Gasteiger partial charge >= 0.3 is 11.9 Å². The lowest BCUT2D eigenvalue weighted by Crippen LogP contribution is -2.30. The van der Waals surface area contributed by atoms with Crippen molar-refractivity contribution in [1.29, 1.82) is 0 Å². The van der Waals surface area contributed by atoms with E-state index in [4.69, 9.17) is 10.2 Å². The molecule has 1 aromatic carbocycles. The lowest BCUT2D eigenvalue weighted by Gasteiger charge is -2.21. The van der Waals surface area contributed by atoms with E-state index in [2.05, 4.69) is 0 Å². The van der Waals surface area contributed by atoms with Crippen molar-refractivity contribution < 1.29 is 19.8 Å². The number of hydrogen-bond acceptors (Lipinski definition) is 3. The van der Waals surface area contributed by atoms with Crippen LogP contribution in [0, 0.1) is 0 Å². The van der Waals surface area contributed by atoms with Gasteiger partial charge in [0.25, 0.3) is 0 Å². The topological polar surface area (TPSA) is 77.8 Å². The number of rotatable bonds is 10. The molecule has 0 aliphatic rings. The van der Waals surface area contributed by atoms with Crippen LogP contribution in [0.2, 0.25) is 0 Å². The predicted octanol–water partition coefficient (Wildman–Crippen LogP) is 1.87. The number of carboxylic acids is 2. The molecule has 0 amide bonds. The van der Waals surface area contributed by atoms with E-state index in [1.165, 1.54) is 5.56 Å². The highest BCUT2D eigenvalue weighted by Crippen LogP contribution is 2.04. The molecule has 0 heterocycles. The van der Waals surface area contributed by atoms with Crippen molar-refractivity contribution in [3.63, 3.8) is 0 Å². The minimum absolute atomic E-state index is 0.0852. The van der Waals surface area contributed by atoms with Crippen LogP contribution in [0.15, 0.2) is 30.3 Å². The highest BCUT2D eigenvalue weighted by molar-refractivity contribution is 5.67. The van der Waals surface area contributed by atoms with Crippen LogP contribution in [0.1, 0.15) is 24.8 Å². The Kier molecular flexibility index (Phi) is 7.35. The van der Waals surface area contributed by atoms with E-state index in [1.54, 1.807) is 0 Å². The van der Waals surface area contributed by atoms with Crippen LogP contribution >= 0.6 is 0 Å². The molecule has 110 valence electrons. The minimum Gasteiger partial charge on any atom is -0.481 e. The molecule has 0 saturated carbocycles. The fourth-order valence-corrected chi connectivity index (χ4v) is 1.97.